The first-order valence-electron chi connectivity index (χ1n) is 5.41. The average molecular weight is 339 g/mol. The molecule has 0 aromatic heterocycles. The van der Waals surface area contributed by atoms with Gasteiger partial charge in [0.2, 0.25) is 0 Å². The van der Waals surface area contributed by atoms with Crippen molar-refractivity contribution in [3.05, 3.63) is 27.7 Å². The van der Waals surface area contributed by atoms with Gasteiger partial charge in [0.15, 0.2) is 0 Å². The molecule has 1 aromatic rings. The van der Waals surface area contributed by atoms with Crippen molar-refractivity contribution in [1.29, 1.82) is 0 Å². The van der Waals surface area contributed by atoms with Crippen LogP contribution in [0.15, 0.2) is 16.6 Å². The van der Waals surface area contributed by atoms with Gasteiger partial charge in [-0.25, -0.2) is 0 Å². The Balaban J connectivity index is 2.66. The average Bonchev–Trinajstić information content (AvgIpc) is 3.08. The molecule has 0 bridgehead atoms. The second-order valence-electron chi connectivity index (χ2n) is 4.42. The Morgan fingerprint density at radius 1 is 1.42 bits per heavy atom. The minimum absolute atomic E-state index is 0.0252. The van der Waals surface area contributed by atoms with Crippen molar-refractivity contribution in [3.8, 4) is 5.75 Å². The van der Waals surface area contributed by atoms with Gasteiger partial charge in [0, 0.05) is 0 Å². The van der Waals surface area contributed by atoms with Gasteiger partial charge in [0.05, 0.1) is 22.6 Å². The molecule has 0 atom stereocenters. The van der Waals surface area contributed by atoms with E-state index in [0.29, 0.717) is 4.47 Å². The van der Waals surface area contributed by atoms with E-state index in [1.54, 1.807) is 0 Å². The van der Waals surface area contributed by atoms with Crippen LogP contribution in [0.4, 0.5) is 13.2 Å². The Kier molecular flexibility index (Phi) is 3.28. The molecule has 3 nitrogen and oxygen atoms in total. The van der Waals surface area contributed by atoms with Crippen molar-refractivity contribution in [3.63, 3.8) is 0 Å². The fraction of sp³-hybridized carbons (Fsp3) is 0.417. The van der Waals surface area contributed by atoms with Crippen molar-refractivity contribution in [2.24, 2.45) is 0 Å². The number of alkyl halides is 3. The summed E-state index contributed by atoms with van der Waals surface area (Å²) in [5, 5.41) is 9.15. The molecule has 0 aliphatic heterocycles. The third kappa shape index (κ3) is 2.31. The summed E-state index contributed by atoms with van der Waals surface area (Å²) in [6.07, 6.45) is -4.19. The lowest BCUT2D eigenvalue weighted by molar-refractivity contribution is -0.142. The Bertz CT molecular complexity index is 536. The topological polar surface area (TPSA) is 46.5 Å². The number of rotatable bonds is 3. The van der Waals surface area contributed by atoms with Gasteiger partial charge < -0.3 is 9.84 Å². The fourth-order valence-corrected chi connectivity index (χ4v) is 2.57. The van der Waals surface area contributed by atoms with Crippen LogP contribution in [0.3, 0.4) is 0 Å². The first kappa shape index (κ1) is 14.2. The van der Waals surface area contributed by atoms with Gasteiger partial charge in [0.1, 0.15) is 5.75 Å². The summed E-state index contributed by atoms with van der Waals surface area (Å²) in [7, 11) is 1.25. The summed E-state index contributed by atoms with van der Waals surface area (Å²) in [6.45, 7) is 0. The SMILES string of the molecule is COc1cc(C(F)(F)F)c(C2(C(=O)O)CC2)cc1Br. The molecule has 19 heavy (non-hydrogen) atoms. The van der Waals surface area contributed by atoms with Gasteiger partial charge in [0.25, 0.3) is 0 Å². The van der Waals surface area contributed by atoms with E-state index in [1.807, 2.05) is 0 Å². The van der Waals surface area contributed by atoms with E-state index in [4.69, 9.17) is 9.84 Å². The highest BCUT2D eigenvalue weighted by Crippen LogP contribution is 2.53. The Hall–Kier alpha value is -1.24. The lowest BCUT2D eigenvalue weighted by Crippen LogP contribution is -2.24. The van der Waals surface area contributed by atoms with Crippen molar-refractivity contribution < 1.29 is 27.8 Å². The molecular weight excluding hydrogens is 329 g/mol. The van der Waals surface area contributed by atoms with Crippen LogP contribution in [-0.2, 0) is 16.4 Å². The second kappa shape index (κ2) is 4.40. The molecule has 1 aliphatic rings. The van der Waals surface area contributed by atoms with Crippen LogP contribution in [0, 0.1) is 0 Å². The zero-order chi connectivity index (χ0) is 14.4. The summed E-state index contributed by atoms with van der Waals surface area (Å²) in [5.74, 6) is -1.20. The summed E-state index contributed by atoms with van der Waals surface area (Å²) in [5.41, 5.74) is -2.58. The number of carboxylic acid groups (broad SMARTS) is 1. The smallest absolute Gasteiger partial charge is 0.416 e. The van der Waals surface area contributed by atoms with Crippen LogP contribution < -0.4 is 4.74 Å². The van der Waals surface area contributed by atoms with E-state index in [1.165, 1.54) is 13.2 Å². The highest BCUT2D eigenvalue weighted by molar-refractivity contribution is 9.10. The van der Waals surface area contributed by atoms with Crippen LogP contribution in [0.2, 0.25) is 0 Å². The van der Waals surface area contributed by atoms with Crippen LogP contribution in [0.1, 0.15) is 24.0 Å². The first-order chi connectivity index (χ1) is 8.72. The molecule has 104 valence electrons. The van der Waals surface area contributed by atoms with E-state index in [2.05, 4.69) is 15.9 Å². The molecule has 0 heterocycles. The van der Waals surface area contributed by atoms with Crippen molar-refractivity contribution in [1.82, 2.24) is 0 Å². The maximum absolute atomic E-state index is 13.1. The molecule has 0 saturated heterocycles. The largest absolute Gasteiger partial charge is 0.496 e. The maximum atomic E-state index is 13.1. The minimum atomic E-state index is -4.62. The third-order valence-corrected chi connectivity index (χ3v) is 3.89. The highest BCUT2D eigenvalue weighted by atomic mass is 79.9. The summed E-state index contributed by atoms with van der Waals surface area (Å²) < 4.78 is 44.3. The molecule has 1 aliphatic carbocycles. The van der Waals surface area contributed by atoms with E-state index < -0.39 is 23.1 Å². The number of carbonyl (C=O) groups is 1. The predicted molar refractivity (Wildman–Crippen MR) is 64.2 cm³/mol. The quantitative estimate of drug-likeness (QED) is 0.916. The summed E-state index contributed by atoms with van der Waals surface area (Å²) in [6, 6.07) is 2.03. The summed E-state index contributed by atoms with van der Waals surface area (Å²) in [4.78, 5) is 11.2. The highest BCUT2D eigenvalue weighted by Gasteiger charge is 2.55. The molecule has 0 unspecified atom stereocenters. The van der Waals surface area contributed by atoms with Crippen LogP contribution in [-0.4, -0.2) is 18.2 Å². The fourth-order valence-electron chi connectivity index (χ4n) is 2.06. The molecule has 1 fully saturated rings. The number of methoxy groups -OCH3 is 1. The van der Waals surface area contributed by atoms with Gasteiger partial charge in [-0.2, -0.15) is 13.2 Å². The Labute approximate surface area is 115 Å². The summed E-state index contributed by atoms with van der Waals surface area (Å²) >= 11 is 3.09. The molecule has 1 aromatic carbocycles. The first-order valence-corrected chi connectivity index (χ1v) is 6.20. The van der Waals surface area contributed by atoms with E-state index in [9.17, 15) is 18.0 Å². The van der Waals surface area contributed by atoms with Gasteiger partial charge in [-0.15, -0.1) is 0 Å². The van der Waals surface area contributed by atoms with Gasteiger partial charge >= 0.3 is 12.1 Å². The number of carboxylic acids is 1. The normalized spacial score (nSPS) is 17.1. The predicted octanol–water partition coefficient (Wildman–Crippen LogP) is 3.59. The number of hydrogen-bond donors (Lipinski definition) is 1. The lowest BCUT2D eigenvalue weighted by atomic mass is 9.91. The number of halogens is 4. The maximum Gasteiger partial charge on any atom is 0.416 e. The van der Waals surface area contributed by atoms with Gasteiger partial charge in [-0.1, -0.05) is 0 Å². The molecule has 0 radical (unpaired) electrons. The minimum Gasteiger partial charge on any atom is -0.496 e. The Morgan fingerprint density at radius 3 is 2.37 bits per heavy atom. The number of benzene rings is 1. The van der Waals surface area contributed by atoms with Crippen molar-refractivity contribution in [2.45, 2.75) is 24.4 Å². The lowest BCUT2D eigenvalue weighted by Gasteiger charge is -2.19. The van der Waals surface area contributed by atoms with Gasteiger partial charge in [-0.3, -0.25) is 4.79 Å². The standard InChI is InChI=1S/C12H10BrF3O3/c1-19-9-5-7(12(14,15)16)6(4-8(9)13)11(2-3-11)10(17)18/h4-5H,2-3H2,1H3,(H,17,18). The van der Waals surface area contributed by atoms with Crippen molar-refractivity contribution in [2.75, 3.05) is 7.11 Å². The molecule has 2 rings (SSSR count). The number of ether oxygens (including phenoxy) is 1. The molecule has 1 saturated carbocycles. The molecule has 0 spiro atoms. The molecule has 1 N–H and O–H groups in total. The van der Waals surface area contributed by atoms with Crippen LogP contribution >= 0.6 is 15.9 Å². The zero-order valence-electron chi connectivity index (χ0n) is 9.84. The van der Waals surface area contributed by atoms with E-state index in [0.717, 1.165) is 6.07 Å². The van der Waals surface area contributed by atoms with E-state index >= 15 is 0 Å². The monoisotopic (exact) mass is 338 g/mol. The van der Waals surface area contributed by atoms with Crippen molar-refractivity contribution >= 4 is 21.9 Å². The second-order valence-corrected chi connectivity index (χ2v) is 5.27. The van der Waals surface area contributed by atoms with Gasteiger partial charge in [-0.05, 0) is 46.5 Å². The molecular formula is C12H10BrF3O3. The Morgan fingerprint density at radius 2 is 2.00 bits per heavy atom. The zero-order valence-corrected chi connectivity index (χ0v) is 11.4. The third-order valence-electron chi connectivity index (χ3n) is 3.27. The molecule has 0 amide bonds. The molecule has 7 heteroatoms. The van der Waals surface area contributed by atoms with E-state index in [-0.39, 0.29) is 24.2 Å². The number of aliphatic carboxylic acids is 1. The van der Waals surface area contributed by atoms with Crippen LogP contribution in [0.25, 0.3) is 0 Å². The van der Waals surface area contributed by atoms with Crippen LogP contribution in [0.5, 0.6) is 5.75 Å². The number of hydrogen-bond acceptors (Lipinski definition) is 2.